The molecule has 1 heterocycles. The third-order valence-electron chi connectivity index (χ3n) is 2.01. The number of nitrogens with one attached hydrogen (secondary N) is 1. The maximum atomic E-state index is 12.8. The molecule has 0 aliphatic carbocycles. The molecule has 0 fully saturated rings. The average Bonchev–Trinajstić information content (AvgIpc) is 2.28. The van der Waals surface area contributed by atoms with Crippen LogP contribution in [0.2, 0.25) is 0 Å². The maximum absolute atomic E-state index is 12.8. The van der Waals surface area contributed by atoms with Crippen molar-refractivity contribution >= 4 is 6.08 Å². The van der Waals surface area contributed by atoms with Crippen LogP contribution in [0.15, 0.2) is 24.5 Å². The molecule has 4 heteroatoms. The summed E-state index contributed by atoms with van der Waals surface area (Å²) < 4.78 is 17.7. The van der Waals surface area contributed by atoms with Gasteiger partial charge >= 0.3 is 0 Å². The van der Waals surface area contributed by atoms with Crippen molar-refractivity contribution in [3.8, 4) is 0 Å². The lowest BCUT2D eigenvalue weighted by Crippen LogP contribution is -2.19. The molecule has 0 saturated heterocycles. The predicted octanol–water partition coefficient (Wildman–Crippen LogP) is 1.86. The SMILES string of the molecule is COCCNCCC=Cc1cncc(F)c1. The summed E-state index contributed by atoms with van der Waals surface area (Å²) in [6.45, 7) is 2.46. The Bertz CT molecular complexity index is 329. The highest BCUT2D eigenvalue weighted by molar-refractivity contribution is 5.47. The van der Waals surface area contributed by atoms with E-state index in [-0.39, 0.29) is 5.82 Å². The smallest absolute Gasteiger partial charge is 0.142 e. The summed E-state index contributed by atoms with van der Waals surface area (Å²) in [5, 5.41) is 3.22. The van der Waals surface area contributed by atoms with Crippen LogP contribution in [0.25, 0.3) is 6.08 Å². The van der Waals surface area contributed by atoms with E-state index < -0.39 is 0 Å². The van der Waals surface area contributed by atoms with Gasteiger partial charge in [0.2, 0.25) is 0 Å². The number of methoxy groups -OCH3 is 1. The van der Waals surface area contributed by atoms with Gasteiger partial charge in [-0.25, -0.2) is 4.39 Å². The van der Waals surface area contributed by atoms with Gasteiger partial charge in [0.05, 0.1) is 12.8 Å². The average molecular weight is 224 g/mol. The zero-order valence-electron chi connectivity index (χ0n) is 9.45. The molecule has 1 aromatic heterocycles. The Hall–Kier alpha value is -1.26. The zero-order chi connectivity index (χ0) is 11.6. The first-order valence-corrected chi connectivity index (χ1v) is 5.29. The molecule has 0 aliphatic rings. The Morgan fingerprint density at radius 2 is 2.31 bits per heavy atom. The number of pyridine rings is 1. The second-order valence-corrected chi connectivity index (χ2v) is 3.37. The van der Waals surface area contributed by atoms with Gasteiger partial charge in [0.25, 0.3) is 0 Å². The van der Waals surface area contributed by atoms with Gasteiger partial charge in [-0.05, 0) is 24.6 Å². The van der Waals surface area contributed by atoms with E-state index in [0.717, 1.165) is 31.7 Å². The van der Waals surface area contributed by atoms with E-state index in [1.165, 1.54) is 12.3 Å². The van der Waals surface area contributed by atoms with Crippen molar-refractivity contribution in [2.75, 3.05) is 26.8 Å². The molecular formula is C12H17FN2O. The Balaban J connectivity index is 2.17. The molecule has 0 aliphatic heterocycles. The first-order valence-electron chi connectivity index (χ1n) is 5.29. The van der Waals surface area contributed by atoms with Gasteiger partial charge in [-0.1, -0.05) is 12.2 Å². The van der Waals surface area contributed by atoms with Crippen molar-refractivity contribution in [1.82, 2.24) is 10.3 Å². The Kier molecular flexibility index (Phi) is 6.37. The van der Waals surface area contributed by atoms with Crippen molar-refractivity contribution in [1.29, 1.82) is 0 Å². The minimum Gasteiger partial charge on any atom is -0.383 e. The van der Waals surface area contributed by atoms with Gasteiger partial charge in [0.15, 0.2) is 0 Å². The van der Waals surface area contributed by atoms with E-state index in [0.29, 0.717) is 0 Å². The zero-order valence-corrected chi connectivity index (χ0v) is 9.45. The third kappa shape index (κ3) is 5.58. The van der Waals surface area contributed by atoms with Crippen LogP contribution in [0.5, 0.6) is 0 Å². The van der Waals surface area contributed by atoms with Gasteiger partial charge in [-0.2, -0.15) is 0 Å². The molecule has 1 rings (SSSR count). The molecule has 88 valence electrons. The Morgan fingerprint density at radius 3 is 3.06 bits per heavy atom. The highest BCUT2D eigenvalue weighted by Crippen LogP contribution is 2.03. The summed E-state index contributed by atoms with van der Waals surface area (Å²) in [6.07, 6.45) is 7.60. The van der Waals surface area contributed by atoms with Gasteiger partial charge in [0.1, 0.15) is 5.82 Å². The minimum atomic E-state index is -0.305. The van der Waals surface area contributed by atoms with Gasteiger partial charge in [0, 0.05) is 19.9 Å². The predicted molar refractivity (Wildman–Crippen MR) is 62.6 cm³/mol. The quantitative estimate of drug-likeness (QED) is 0.718. The molecule has 0 unspecified atom stereocenters. The minimum absolute atomic E-state index is 0.305. The number of ether oxygens (including phenoxy) is 1. The van der Waals surface area contributed by atoms with Crippen LogP contribution in [0, 0.1) is 5.82 Å². The topological polar surface area (TPSA) is 34.1 Å². The molecule has 16 heavy (non-hydrogen) atoms. The van der Waals surface area contributed by atoms with E-state index in [4.69, 9.17) is 4.74 Å². The fraction of sp³-hybridized carbons (Fsp3) is 0.417. The summed E-state index contributed by atoms with van der Waals surface area (Å²) in [7, 11) is 1.68. The first-order chi connectivity index (χ1) is 7.83. The summed E-state index contributed by atoms with van der Waals surface area (Å²) in [5.41, 5.74) is 0.789. The molecule has 3 nitrogen and oxygen atoms in total. The van der Waals surface area contributed by atoms with Gasteiger partial charge in [-0.3, -0.25) is 4.98 Å². The third-order valence-corrected chi connectivity index (χ3v) is 2.01. The van der Waals surface area contributed by atoms with Crippen molar-refractivity contribution in [3.05, 3.63) is 35.9 Å². The summed E-state index contributed by atoms with van der Waals surface area (Å²) >= 11 is 0. The normalized spacial score (nSPS) is 11.1. The number of hydrogen-bond donors (Lipinski definition) is 1. The van der Waals surface area contributed by atoms with Crippen LogP contribution < -0.4 is 5.32 Å². The van der Waals surface area contributed by atoms with E-state index in [1.54, 1.807) is 13.3 Å². The van der Waals surface area contributed by atoms with E-state index in [2.05, 4.69) is 10.3 Å². The molecule has 0 saturated carbocycles. The largest absolute Gasteiger partial charge is 0.383 e. The van der Waals surface area contributed by atoms with Crippen LogP contribution in [0.1, 0.15) is 12.0 Å². The number of rotatable bonds is 7. The van der Waals surface area contributed by atoms with Crippen LogP contribution in [-0.2, 0) is 4.74 Å². The lowest BCUT2D eigenvalue weighted by atomic mass is 10.2. The second-order valence-electron chi connectivity index (χ2n) is 3.37. The molecular weight excluding hydrogens is 207 g/mol. The maximum Gasteiger partial charge on any atom is 0.142 e. The highest BCUT2D eigenvalue weighted by Gasteiger charge is 1.90. The van der Waals surface area contributed by atoms with Crippen molar-refractivity contribution < 1.29 is 9.13 Å². The molecule has 1 aromatic rings. The van der Waals surface area contributed by atoms with Gasteiger partial charge in [-0.15, -0.1) is 0 Å². The fourth-order valence-electron chi connectivity index (χ4n) is 1.22. The standard InChI is InChI=1S/C12H17FN2O/c1-16-7-6-14-5-3-2-4-11-8-12(13)10-15-9-11/h2,4,8-10,14H,3,5-7H2,1H3. The molecule has 0 radical (unpaired) electrons. The van der Waals surface area contributed by atoms with Crippen molar-refractivity contribution in [3.63, 3.8) is 0 Å². The molecule has 0 atom stereocenters. The number of hydrogen-bond acceptors (Lipinski definition) is 3. The molecule has 0 aromatic carbocycles. The lowest BCUT2D eigenvalue weighted by Gasteiger charge is -2.00. The summed E-state index contributed by atoms with van der Waals surface area (Å²) in [6, 6.07) is 1.46. The number of halogens is 1. The Morgan fingerprint density at radius 1 is 1.44 bits per heavy atom. The Labute approximate surface area is 95.3 Å². The van der Waals surface area contributed by atoms with E-state index in [9.17, 15) is 4.39 Å². The van der Waals surface area contributed by atoms with Crippen molar-refractivity contribution in [2.24, 2.45) is 0 Å². The molecule has 0 spiro atoms. The molecule has 0 amide bonds. The monoisotopic (exact) mass is 224 g/mol. The highest BCUT2D eigenvalue weighted by atomic mass is 19.1. The van der Waals surface area contributed by atoms with Crippen molar-refractivity contribution in [2.45, 2.75) is 6.42 Å². The van der Waals surface area contributed by atoms with Crippen LogP contribution in [0.4, 0.5) is 4.39 Å². The fourth-order valence-corrected chi connectivity index (χ4v) is 1.22. The van der Waals surface area contributed by atoms with Gasteiger partial charge < -0.3 is 10.1 Å². The number of nitrogens with zero attached hydrogens (tertiary/aromatic N) is 1. The van der Waals surface area contributed by atoms with Crippen LogP contribution in [0.3, 0.4) is 0 Å². The van der Waals surface area contributed by atoms with E-state index >= 15 is 0 Å². The van der Waals surface area contributed by atoms with Crippen LogP contribution in [-0.4, -0.2) is 31.8 Å². The molecule has 1 N–H and O–H groups in total. The van der Waals surface area contributed by atoms with E-state index in [1.807, 2.05) is 12.2 Å². The van der Waals surface area contributed by atoms with Crippen LogP contribution >= 0.6 is 0 Å². The second kappa shape index (κ2) is 7.96. The summed E-state index contributed by atoms with van der Waals surface area (Å²) in [4.78, 5) is 3.77. The lowest BCUT2D eigenvalue weighted by molar-refractivity contribution is 0.199. The first kappa shape index (κ1) is 12.8. The number of aromatic nitrogens is 1. The summed E-state index contributed by atoms with van der Waals surface area (Å²) in [5.74, 6) is -0.305. The molecule has 0 bridgehead atoms.